The maximum Gasteiger partial charge on any atom is 0.125 e. The molecule has 4 heteroatoms. The van der Waals surface area contributed by atoms with Gasteiger partial charge >= 0.3 is 0 Å². The molecule has 100 valence electrons. The van der Waals surface area contributed by atoms with Gasteiger partial charge in [-0.1, -0.05) is 29.3 Å². The molecule has 2 aromatic rings. The summed E-state index contributed by atoms with van der Waals surface area (Å²) in [5.74, 6) is 0.824. The van der Waals surface area contributed by atoms with Gasteiger partial charge in [-0.15, -0.1) is 0 Å². The average molecular weight is 296 g/mol. The number of aryl methyl sites for hydroxylation is 2. The molecule has 0 bridgehead atoms. The van der Waals surface area contributed by atoms with Crippen LogP contribution in [0.4, 0.5) is 5.69 Å². The highest BCUT2D eigenvalue weighted by Crippen LogP contribution is 2.29. The lowest BCUT2D eigenvalue weighted by Crippen LogP contribution is -2.01. The smallest absolute Gasteiger partial charge is 0.125 e. The fraction of sp³-hybridized carbons (Fsp3) is 0.200. The van der Waals surface area contributed by atoms with E-state index in [1.54, 1.807) is 12.1 Å². The molecule has 0 unspecified atom stereocenters. The van der Waals surface area contributed by atoms with Crippen LogP contribution in [0.15, 0.2) is 30.3 Å². The van der Waals surface area contributed by atoms with Gasteiger partial charge in [0.05, 0.1) is 0 Å². The Balaban J connectivity index is 2.24. The summed E-state index contributed by atoms with van der Waals surface area (Å²) in [6.07, 6.45) is 0. The maximum atomic E-state index is 6.12. The lowest BCUT2D eigenvalue weighted by atomic mass is 10.1. The Morgan fingerprint density at radius 1 is 1.05 bits per heavy atom. The van der Waals surface area contributed by atoms with E-state index in [9.17, 15) is 0 Å². The highest BCUT2D eigenvalue weighted by atomic mass is 35.5. The molecule has 0 aliphatic rings. The summed E-state index contributed by atoms with van der Waals surface area (Å²) < 4.78 is 5.85. The molecule has 0 amide bonds. The number of hydrogen-bond donors (Lipinski definition) is 1. The maximum absolute atomic E-state index is 6.12. The van der Waals surface area contributed by atoms with Crippen LogP contribution in [0, 0.1) is 13.8 Å². The fourth-order valence-electron chi connectivity index (χ4n) is 2.03. The minimum atomic E-state index is 0.337. The third-order valence-electron chi connectivity index (χ3n) is 2.91. The zero-order valence-electron chi connectivity index (χ0n) is 10.8. The third-order valence-corrected chi connectivity index (χ3v) is 3.61. The predicted molar refractivity (Wildman–Crippen MR) is 81.1 cm³/mol. The van der Waals surface area contributed by atoms with Crippen molar-refractivity contribution in [3.8, 4) is 5.75 Å². The molecule has 2 nitrogen and oxygen atoms in total. The van der Waals surface area contributed by atoms with E-state index in [4.69, 9.17) is 33.7 Å². The van der Waals surface area contributed by atoms with Gasteiger partial charge in [-0.2, -0.15) is 0 Å². The van der Waals surface area contributed by atoms with E-state index in [0.717, 1.165) is 28.1 Å². The third kappa shape index (κ3) is 3.14. The molecule has 2 aromatic carbocycles. The van der Waals surface area contributed by atoms with Crippen molar-refractivity contribution in [2.45, 2.75) is 20.5 Å². The Morgan fingerprint density at radius 3 is 2.11 bits per heavy atom. The van der Waals surface area contributed by atoms with Crippen LogP contribution in [0.25, 0.3) is 0 Å². The van der Waals surface area contributed by atoms with Gasteiger partial charge in [0.1, 0.15) is 12.4 Å². The Kier molecular flexibility index (Phi) is 4.23. The second-order valence-electron chi connectivity index (χ2n) is 4.47. The molecule has 0 radical (unpaired) electrons. The van der Waals surface area contributed by atoms with Crippen LogP contribution in [0.5, 0.6) is 5.75 Å². The van der Waals surface area contributed by atoms with Crippen molar-refractivity contribution < 1.29 is 4.74 Å². The first-order valence-electron chi connectivity index (χ1n) is 5.91. The van der Waals surface area contributed by atoms with E-state index >= 15 is 0 Å². The van der Waals surface area contributed by atoms with Crippen LogP contribution in [-0.2, 0) is 6.61 Å². The van der Waals surface area contributed by atoms with E-state index in [2.05, 4.69) is 0 Å². The summed E-state index contributed by atoms with van der Waals surface area (Å²) in [6, 6.07) is 9.19. The molecule has 0 heterocycles. The average Bonchev–Trinajstić information content (AvgIpc) is 2.31. The summed E-state index contributed by atoms with van der Waals surface area (Å²) in [4.78, 5) is 0. The van der Waals surface area contributed by atoms with Gasteiger partial charge in [0.25, 0.3) is 0 Å². The topological polar surface area (TPSA) is 35.2 Å². The molecular weight excluding hydrogens is 281 g/mol. The Morgan fingerprint density at radius 2 is 1.58 bits per heavy atom. The molecular formula is C15H15Cl2NO. The van der Waals surface area contributed by atoms with E-state index in [1.165, 1.54) is 0 Å². The highest BCUT2D eigenvalue weighted by molar-refractivity contribution is 6.35. The Labute approximate surface area is 123 Å². The van der Waals surface area contributed by atoms with Crippen LogP contribution in [0.3, 0.4) is 0 Å². The molecule has 0 saturated carbocycles. The van der Waals surface area contributed by atoms with Gasteiger partial charge in [-0.3, -0.25) is 0 Å². The normalized spacial score (nSPS) is 10.5. The van der Waals surface area contributed by atoms with Crippen molar-refractivity contribution >= 4 is 28.9 Å². The summed E-state index contributed by atoms with van der Waals surface area (Å²) in [6.45, 7) is 4.27. The molecule has 2 N–H and O–H groups in total. The number of anilines is 1. The highest BCUT2D eigenvalue weighted by Gasteiger charge is 2.09. The van der Waals surface area contributed by atoms with Crippen LogP contribution < -0.4 is 10.5 Å². The van der Waals surface area contributed by atoms with Crippen molar-refractivity contribution in [1.82, 2.24) is 0 Å². The second kappa shape index (κ2) is 5.72. The van der Waals surface area contributed by atoms with Gasteiger partial charge in [0.2, 0.25) is 0 Å². The van der Waals surface area contributed by atoms with Gasteiger partial charge in [-0.25, -0.2) is 0 Å². The van der Waals surface area contributed by atoms with Crippen LogP contribution in [-0.4, -0.2) is 0 Å². The molecule has 0 fully saturated rings. The van der Waals surface area contributed by atoms with Gasteiger partial charge in [0, 0.05) is 21.3 Å². The van der Waals surface area contributed by atoms with E-state index in [1.807, 2.05) is 32.0 Å². The monoisotopic (exact) mass is 295 g/mol. The Bertz CT molecular complexity index is 568. The number of nitrogens with two attached hydrogens (primary N) is 1. The molecule has 0 atom stereocenters. The standard InChI is InChI=1S/C15H15Cl2NO/c1-9-6-11(18)7-10(2)15(9)19-8-12-13(16)4-3-5-14(12)17/h3-7H,8,18H2,1-2H3. The number of halogens is 2. The molecule has 2 rings (SSSR count). The quantitative estimate of drug-likeness (QED) is 0.828. The molecule has 0 aliphatic heterocycles. The lowest BCUT2D eigenvalue weighted by Gasteiger charge is -2.14. The number of benzene rings is 2. The lowest BCUT2D eigenvalue weighted by molar-refractivity contribution is 0.302. The minimum absolute atomic E-state index is 0.337. The van der Waals surface area contributed by atoms with Crippen molar-refractivity contribution in [3.05, 3.63) is 57.1 Å². The molecule has 0 aromatic heterocycles. The van der Waals surface area contributed by atoms with Crippen LogP contribution in [0.2, 0.25) is 10.0 Å². The summed E-state index contributed by atoms with van der Waals surface area (Å²) in [5, 5.41) is 1.22. The molecule has 0 spiro atoms. The van der Waals surface area contributed by atoms with E-state index in [-0.39, 0.29) is 0 Å². The zero-order chi connectivity index (χ0) is 14.0. The number of nitrogen functional groups attached to an aromatic ring is 1. The predicted octanol–water partition coefficient (Wildman–Crippen LogP) is 4.77. The molecule has 0 saturated heterocycles. The zero-order valence-corrected chi connectivity index (χ0v) is 12.3. The van der Waals surface area contributed by atoms with Crippen molar-refractivity contribution in [1.29, 1.82) is 0 Å². The minimum Gasteiger partial charge on any atom is -0.488 e. The molecule has 0 aliphatic carbocycles. The SMILES string of the molecule is Cc1cc(N)cc(C)c1OCc1c(Cl)cccc1Cl. The first kappa shape index (κ1) is 14.0. The number of ether oxygens (including phenoxy) is 1. The van der Waals surface area contributed by atoms with Crippen LogP contribution in [0.1, 0.15) is 16.7 Å². The van der Waals surface area contributed by atoms with E-state index in [0.29, 0.717) is 16.7 Å². The summed E-state index contributed by atoms with van der Waals surface area (Å²) >= 11 is 12.2. The first-order chi connectivity index (χ1) is 8.99. The van der Waals surface area contributed by atoms with Crippen molar-refractivity contribution in [2.24, 2.45) is 0 Å². The van der Waals surface area contributed by atoms with Crippen molar-refractivity contribution in [2.75, 3.05) is 5.73 Å². The fourth-order valence-corrected chi connectivity index (χ4v) is 2.53. The number of rotatable bonds is 3. The van der Waals surface area contributed by atoms with Crippen LogP contribution >= 0.6 is 23.2 Å². The Hall–Kier alpha value is -1.38. The summed E-state index contributed by atoms with van der Waals surface area (Å²) in [7, 11) is 0. The molecule has 19 heavy (non-hydrogen) atoms. The largest absolute Gasteiger partial charge is 0.488 e. The van der Waals surface area contributed by atoms with Gasteiger partial charge in [-0.05, 0) is 49.2 Å². The second-order valence-corrected chi connectivity index (χ2v) is 5.29. The number of hydrogen-bond acceptors (Lipinski definition) is 2. The van der Waals surface area contributed by atoms with Gasteiger partial charge < -0.3 is 10.5 Å². The van der Waals surface area contributed by atoms with E-state index < -0.39 is 0 Å². The van der Waals surface area contributed by atoms with Gasteiger partial charge in [0.15, 0.2) is 0 Å². The first-order valence-corrected chi connectivity index (χ1v) is 6.67. The van der Waals surface area contributed by atoms with Crippen molar-refractivity contribution in [3.63, 3.8) is 0 Å². The summed E-state index contributed by atoms with van der Waals surface area (Å²) in [5.41, 5.74) is 9.31.